The van der Waals surface area contributed by atoms with Gasteiger partial charge in [0.05, 0.1) is 6.42 Å². The zero-order chi connectivity index (χ0) is 10.3. The maximum atomic E-state index is 10.8. The van der Waals surface area contributed by atoms with E-state index in [4.69, 9.17) is 5.11 Å². The van der Waals surface area contributed by atoms with Crippen LogP contribution in [0.15, 0.2) is 0 Å². The van der Waals surface area contributed by atoms with Crippen LogP contribution in [0.4, 0.5) is 0 Å². The Balaban J connectivity index is 3.61. The summed E-state index contributed by atoms with van der Waals surface area (Å²) in [6.07, 6.45) is -0.728. The highest BCUT2D eigenvalue weighted by Gasteiger charge is 2.15. The second kappa shape index (κ2) is 5.99. The molecule has 0 heterocycles. The normalized spacial score (nSPS) is 11.5. The number of esters is 1. The number of carboxylic acids is 1. The molecule has 0 aliphatic carbocycles. The summed E-state index contributed by atoms with van der Waals surface area (Å²) in [4.78, 5) is 30.8. The standard InChI is InChI=1S/C7H11NO5/c1-5(7(11)12)13-6(10)2-3-8-4-9/h4-5H,2-3H2,1H3,(H,8,9)(H,11,12)/t5-/m0/s1. The Kier molecular flexibility index (Phi) is 5.25. The van der Waals surface area contributed by atoms with Crippen LogP contribution in [0.25, 0.3) is 0 Å². The Morgan fingerprint density at radius 3 is 2.69 bits per heavy atom. The summed E-state index contributed by atoms with van der Waals surface area (Å²) in [6, 6.07) is 0. The van der Waals surface area contributed by atoms with E-state index in [1.807, 2.05) is 0 Å². The molecule has 0 saturated heterocycles. The SMILES string of the molecule is C[C@H](OC(=O)CCNC=O)C(=O)O. The minimum Gasteiger partial charge on any atom is -0.479 e. The molecule has 0 unspecified atom stereocenters. The van der Waals surface area contributed by atoms with Gasteiger partial charge in [-0.25, -0.2) is 4.79 Å². The molecule has 0 aromatic rings. The van der Waals surface area contributed by atoms with Crippen LogP contribution in [-0.2, 0) is 19.1 Å². The average molecular weight is 189 g/mol. The van der Waals surface area contributed by atoms with Crippen LogP contribution in [0, 0.1) is 0 Å². The van der Waals surface area contributed by atoms with E-state index in [-0.39, 0.29) is 13.0 Å². The van der Waals surface area contributed by atoms with Crippen molar-refractivity contribution in [2.45, 2.75) is 19.4 Å². The third kappa shape index (κ3) is 5.66. The number of carboxylic acid groups (broad SMARTS) is 1. The van der Waals surface area contributed by atoms with Gasteiger partial charge in [-0.1, -0.05) is 0 Å². The van der Waals surface area contributed by atoms with Crippen LogP contribution >= 0.6 is 0 Å². The van der Waals surface area contributed by atoms with Crippen molar-refractivity contribution in [3.63, 3.8) is 0 Å². The van der Waals surface area contributed by atoms with Gasteiger partial charge in [0.1, 0.15) is 0 Å². The van der Waals surface area contributed by atoms with Crippen molar-refractivity contribution in [2.75, 3.05) is 6.54 Å². The fourth-order valence-electron chi connectivity index (χ4n) is 0.540. The van der Waals surface area contributed by atoms with Crippen molar-refractivity contribution >= 4 is 18.3 Å². The third-order valence-electron chi connectivity index (χ3n) is 1.21. The van der Waals surface area contributed by atoms with Gasteiger partial charge >= 0.3 is 11.9 Å². The lowest BCUT2D eigenvalue weighted by Crippen LogP contribution is -2.25. The van der Waals surface area contributed by atoms with Gasteiger partial charge < -0.3 is 15.2 Å². The van der Waals surface area contributed by atoms with Crippen LogP contribution in [-0.4, -0.2) is 36.1 Å². The minimum absolute atomic E-state index is 0.0314. The number of hydrogen-bond acceptors (Lipinski definition) is 4. The van der Waals surface area contributed by atoms with E-state index < -0.39 is 18.0 Å². The van der Waals surface area contributed by atoms with Gasteiger partial charge in [-0.3, -0.25) is 9.59 Å². The molecule has 0 radical (unpaired) electrons. The number of aliphatic carboxylic acids is 1. The van der Waals surface area contributed by atoms with E-state index in [1.54, 1.807) is 0 Å². The molecule has 0 aromatic carbocycles. The lowest BCUT2D eigenvalue weighted by Gasteiger charge is -2.07. The zero-order valence-electron chi connectivity index (χ0n) is 7.15. The highest BCUT2D eigenvalue weighted by atomic mass is 16.6. The Morgan fingerprint density at radius 1 is 1.62 bits per heavy atom. The highest BCUT2D eigenvalue weighted by Crippen LogP contribution is 1.93. The summed E-state index contributed by atoms with van der Waals surface area (Å²) in [5, 5.41) is 10.6. The number of carbonyl (C=O) groups is 3. The molecule has 13 heavy (non-hydrogen) atoms. The second-order valence-electron chi connectivity index (χ2n) is 2.29. The smallest absolute Gasteiger partial charge is 0.344 e. The maximum absolute atomic E-state index is 10.8. The first-order chi connectivity index (χ1) is 6.07. The number of rotatable bonds is 6. The molecule has 0 aromatic heterocycles. The topological polar surface area (TPSA) is 92.7 Å². The van der Waals surface area contributed by atoms with Gasteiger partial charge in [-0.05, 0) is 6.92 Å². The van der Waals surface area contributed by atoms with Crippen LogP contribution in [0.2, 0.25) is 0 Å². The summed E-state index contributed by atoms with van der Waals surface area (Å²) in [6.45, 7) is 1.40. The predicted octanol–water partition coefficient (Wildman–Crippen LogP) is -0.861. The first kappa shape index (κ1) is 11.4. The third-order valence-corrected chi connectivity index (χ3v) is 1.21. The molecular formula is C7H11NO5. The Morgan fingerprint density at radius 2 is 2.23 bits per heavy atom. The minimum atomic E-state index is -1.20. The van der Waals surface area contributed by atoms with E-state index in [1.165, 1.54) is 6.92 Å². The van der Waals surface area contributed by atoms with Crippen LogP contribution < -0.4 is 5.32 Å². The Labute approximate surface area is 74.9 Å². The van der Waals surface area contributed by atoms with E-state index in [0.717, 1.165) is 0 Å². The van der Waals surface area contributed by atoms with Gasteiger partial charge in [0.2, 0.25) is 6.41 Å². The summed E-state index contributed by atoms with van der Waals surface area (Å²) >= 11 is 0. The lowest BCUT2D eigenvalue weighted by atomic mass is 10.4. The molecule has 1 atom stereocenters. The van der Waals surface area contributed by atoms with E-state index >= 15 is 0 Å². The molecule has 0 saturated carbocycles. The van der Waals surface area contributed by atoms with E-state index in [0.29, 0.717) is 6.41 Å². The maximum Gasteiger partial charge on any atom is 0.344 e. The lowest BCUT2D eigenvalue weighted by molar-refractivity contribution is -0.162. The number of nitrogens with one attached hydrogen (secondary N) is 1. The van der Waals surface area contributed by atoms with E-state index in [9.17, 15) is 14.4 Å². The van der Waals surface area contributed by atoms with Crippen molar-refractivity contribution in [3.8, 4) is 0 Å². The molecule has 0 spiro atoms. The Bertz CT molecular complexity index is 203. The molecule has 2 N–H and O–H groups in total. The molecule has 6 nitrogen and oxygen atoms in total. The molecule has 0 rings (SSSR count). The van der Waals surface area contributed by atoms with Gasteiger partial charge in [0.25, 0.3) is 0 Å². The first-order valence-electron chi connectivity index (χ1n) is 3.67. The van der Waals surface area contributed by atoms with Gasteiger partial charge in [-0.15, -0.1) is 0 Å². The van der Waals surface area contributed by atoms with E-state index in [2.05, 4.69) is 10.1 Å². The molecule has 0 fully saturated rings. The first-order valence-corrected chi connectivity index (χ1v) is 3.67. The summed E-state index contributed by atoms with van der Waals surface area (Å²) < 4.78 is 4.46. The zero-order valence-corrected chi connectivity index (χ0v) is 7.15. The number of hydrogen-bond donors (Lipinski definition) is 2. The summed E-state index contributed by atoms with van der Waals surface area (Å²) in [5.41, 5.74) is 0. The quantitative estimate of drug-likeness (QED) is 0.322. The Hall–Kier alpha value is -1.59. The van der Waals surface area contributed by atoms with Crippen molar-refractivity contribution in [3.05, 3.63) is 0 Å². The van der Waals surface area contributed by atoms with Gasteiger partial charge in [0.15, 0.2) is 6.10 Å². The molecule has 0 aliphatic heterocycles. The fourth-order valence-corrected chi connectivity index (χ4v) is 0.540. The summed E-state index contributed by atoms with van der Waals surface area (Å²) in [7, 11) is 0. The van der Waals surface area contributed by atoms with Crippen LogP contribution in [0.5, 0.6) is 0 Å². The van der Waals surface area contributed by atoms with Crippen LogP contribution in [0.3, 0.4) is 0 Å². The highest BCUT2D eigenvalue weighted by molar-refractivity contribution is 5.77. The molecule has 74 valence electrons. The van der Waals surface area contributed by atoms with Gasteiger partial charge in [-0.2, -0.15) is 0 Å². The average Bonchev–Trinajstić information content (AvgIpc) is 2.04. The van der Waals surface area contributed by atoms with Crippen molar-refractivity contribution in [1.29, 1.82) is 0 Å². The molecule has 1 amide bonds. The van der Waals surface area contributed by atoms with Crippen LogP contribution in [0.1, 0.15) is 13.3 Å². The van der Waals surface area contributed by atoms with Crippen molar-refractivity contribution < 1.29 is 24.2 Å². The number of carbonyl (C=O) groups excluding carboxylic acids is 2. The number of ether oxygens (including phenoxy) is 1. The largest absolute Gasteiger partial charge is 0.479 e. The van der Waals surface area contributed by atoms with Crippen molar-refractivity contribution in [1.82, 2.24) is 5.32 Å². The van der Waals surface area contributed by atoms with Gasteiger partial charge in [0, 0.05) is 6.54 Å². The van der Waals surface area contributed by atoms with Crippen molar-refractivity contribution in [2.24, 2.45) is 0 Å². The molecular weight excluding hydrogens is 178 g/mol. The molecule has 0 aliphatic rings. The summed E-state index contributed by atoms with van der Waals surface area (Å²) in [5.74, 6) is -1.85. The fraction of sp³-hybridized carbons (Fsp3) is 0.571. The molecule has 0 bridgehead atoms. The monoisotopic (exact) mass is 189 g/mol. The molecule has 6 heteroatoms. The number of amides is 1. The predicted molar refractivity (Wildman–Crippen MR) is 41.9 cm³/mol. The second-order valence-corrected chi connectivity index (χ2v) is 2.29.